The second-order valence-corrected chi connectivity index (χ2v) is 11.9. The molecule has 1 atom stereocenters. The molecule has 0 radical (unpaired) electrons. The van der Waals surface area contributed by atoms with Gasteiger partial charge in [0.2, 0.25) is 0 Å². The molecule has 4 rings (SSSR count). The summed E-state index contributed by atoms with van der Waals surface area (Å²) in [6.07, 6.45) is 0.912. The number of benzene rings is 2. The molecule has 33 heavy (non-hydrogen) atoms. The van der Waals surface area contributed by atoms with Gasteiger partial charge < -0.3 is 14.4 Å². The van der Waals surface area contributed by atoms with E-state index in [4.69, 9.17) is 32.7 Å². The normalized spacial score (nSPS) is 16.7. The molecule has 1 aliphatic rings. The largest absolute Gasteiger partial charge is 0.497 e. The first-order valence-electron chi connectivity index (χ1n) is 10.3. The van der Waals surface area contributed by atoms with Crippen molar-refractivity contribution in [1.82, 2.24) is 4.90 Å². The highest BCUT2D eigenvalue weighted by Gasteiger charge is 2.24. The van der Waals surface area contributed by atoms with Crippen LogP contribution in [0.2, 0.25) is 9.36 Å². The van der Waals surface area contributed by atoms with Crippen LogP contribution in [-0.2, 0) is 10.0 Å². The van der Waals surface area contributed by atoms with E-state index in [1.807, 2.05) is 32.2 Å². The Bertz CT molecular complexity index is 1280. The van der Waals surface area contributed by atoms with Gasteiger partial charge in [-0.05, 0) is 61.9 Å². The average molecular weight is 527 g/mol. The molecule has 0 unspecified atom stereocenters. The van der Waals surface area contributed by atoms with Crippen LogP contribution in [0.15, 0.2) is 46.7 Å². The van der Waals surface area contributed by atoms with E-state index in [0.717, 1.165) is 47.7 Å². The SMILES string of the molecule is COc1ccc(-c2cc(S(=O)(=O)Nc3ccc(Cl)c(O[C@@H]4CCN(C)C4)c3)sc2Cl)c(C)c1. The van der Waals surface area contributed by atoms with Crippen molar-refractivity contribution in [2.24, 2.45) is 0 Å². The van der Waals surface area contributed by atoms with Gasteiger partial charge in [-0.15, -0.1) is 11.3 Å². The fourth-order valence-electron chi connectivity index (χ4n) is 3.76. The van der Waals surface area contributed by atoms with Crippen LogP contribution in [0.1, 0.15) is 12.0 Å². The van der Waals surface area contributed by atoms with Gasteiger partial charge in [-0.1, -0.05) is 29.3 Å². The van der Waals surface area contributed by atoms with Crippen molar-refractivity contribution in [2.45, 2.75) is 23.7 Å². The van der Waals surface area contributed by atoms with Gasteiger partial charge in [-0.25, -0.2) is 8.42 Å². The molecule has 6 nitrogen and oxygen atoms in total. The summed E-state index contributed by atoms with van der Waals surface area (Å²) >= 11 is 13.7. The molecule has 1 N–H and O–H groups in total. The van der Waals surface area contributed by atoms with E-state index in [-0.39, 0.29) is 10.3 Å². The molecule has 1 aliphatic heterocycles. The third kappa shape index (κ3) is 5.41. The first-order valence-corrected chi connectivity index (χ1v) is 13.3. The second kappa shape index (κ2) is 9.72. The van der Waals surface area contributed by atoms with Gasteiger partial charge in [0.15, 0.2) is 0 Å². The lowest BCUT2D eigenvalue weighted by Crippen LogP contribution is -2.21. The van der Waals surface area contributed by atoms with Crippen molar-refractivity contribution in [3.63, 3.8) is 0 Å². The molecule has 2 heterocycles. The Kier molecular flexibility index (Phi) is 7.12. The van der Waals surface area contributed by atoms with Gasteiger partial charge in [-0.3, -0.25) is 4.72 Å². The van der Waals surface area contributed by atoms with Gasteiger partial charge in [-0.2, -0.15) is 0 Å². The van der Waals surface area contributed by atoms with Gasteiger partial charge in [0.1, 0.15) is 26.1 Å². The smallest absolute Gasteiger partial charge is 0.271 e. The van der Waals surface area contributed by atoms with Crippen LogP contribution < -0.4 is 14.2 Å². The van der Waals surface area contributed by atoms with Crippen molar-refractivity contribution in [3.8, 4) is 22.6 Å². The minimum atomic E-state index is -3.86. The molecule has 3 aromatic rings. The molecular weight excluding hydrogens is 503 g/mol. The Labute approximate surface area is 208 Å². The summed E-state index contributed by atoms with van der Waals surface area (Å²) in [4.78, 5) is 2.17. The Morgan fingerprint density at radius 1 is 1.12 bits per heavy atom. The number of anilines is 1. The van der Waals surface area contributed by atoms with Crippen LogP contribution in [0.4, 0.5) is 5.69 Å². The molecule has 0 aliphatic carbocycles. The van der Waals surface area contributed by atoms with Crippen LogP contribution in [0.5, 0.6) is 11.5 Å². The van der Waals surface area contributed by atoms with E-state index in [9.17, 15) is 8.42 Å². The summed E-state index contributed by atoms with van der Waals surface area (Å²) in [6, 6.07) is 12.0. The van der Waals surface area contributed by atoms with E-state index in [1.165, 1.54) is 0 Å². The molecule has 0 spiro atoms. The summed E-state index contributed by atoms with van der Waals surface area (Å²) in [7, 11) is -0.232. The summed E-state index contributed by atoms with van der Waals surface area (Å²) in [5, 5.41) is 0.434. The zero-order valence-electron chi connectivity index (χ0n) is 18.4. The van der Waals surface area contributed by atoms with Crippen molar-refractivity contribution in [2.75, 3.05) is 32.0 Å². The quantitative estimate of drug-likeness (QED) is 0.413. The Morgan fingerprint density at radius 2 is 1.91 bits per heavy atom. The van der Waals surface area contributed by atoms with Crippen LogP contribution in [0, 0.1) is 6.92 Å². The van der Waals surface area contributed by atoms with E-state index in [0.29, 0.717) is 26.4 Å². The third-order valence-electron chi connectivity index (χ3n) is 5.48. The number of likely N-dealkylation sites (N-methyl/N-ethyl adjacent to an activating group) is 1. The highest BCUT2D eigenvalue weighted by molar-refractivity contribution is 7.94. The van der Waals surface area contributed by atoms with Crippen molar-refractivity contribution in [3.05, 3.63) is 57.4 Å². The van der Waals surface area contributed by atoms with E-state index in [1.54, 1.807) is 31.4 Å². The maximum Gasteiger partial charge on any atom is 0.271 e. The average Bonchev–Trinajstić information content (AvgIpc) is 3.36. The molecule has 1 aromatic heterocycles. The second-order valence-electron chi connectivity index (χ2n) is 7.98. The lowest BCUT2D eigenvalue weighted by molar-refractivity contribution is 0.208. The van der Waals surface area contributed by atoms with Crippen LogP contribution >= 0.6 is 34.5 Å². The summed E-state index contributed by atoms with van der Waals surface area (Å²) in [5.74, 6) is 1.18. The molecule has 0 amide bonds. The van der Waals surface area contributed by atoms with Crippen molar-refractivity contribution >= 4 is 50.2 Å². The molecule has 1 fully saturated rings. The van der Waals surface area contributed by atoms with Gasteiger partial charge >= 0.3 is 0 Å². The molecule has 0 bridgehead atoms. The van der Waals surface area contributed by atoms with Crippen LogP contribution in [0.3, 0.4) is 0 Å². The predicted octanol–water partition coefficient (Wildman–Crippen LogP) is 5.92. The molecular formula is C23H24Cl2N2O4S2. The Balaban J connectivity index is 1.57. The van der Waals surface area contributed by atoms with Crippen molar-refractivity contribution in [1.29, 1.82) is 0 Å². The molecule has 10 heteroatoms. The zero-order chi connectivity index (χ0) is 23.8. The topological polar surface area (TPSA) is 67.9 Å². The Hall–Kier alpha value is -1.97. The lowest BCUT2D eigenvalue weighted by atomic mass is 10.0. The number of hydrogen-bond donors (Lipinski definition) is 1. The first-order chi connectivity index (χ1) is 15.7. The standard InChI is InChI=1S/C23H24Cl2N2O4S2/c1-14-10-16(30-3)5-6-18(14)19-12-22(32-23(19)25)33(28,29)26-15-4-7-20(24)21(11-15)31-17-8-9-27(2)13-17/h4-7,10-12,17,26H,8-9,13H2,1-3H3/t17-/m1/s1. The summed E-state index contributed by atoms with van der Waals surface area (Å²) < 4.78 is 40.6. The van der Waals surface area contributed by atoms with Crippen molar-refractivity contribution < 1.29 is 17.9 Å². The summed E-state index contributed by atoms with van der Waals surface area (Å²) in [6.45, 7) is 3.67. The zero-order valence-corrected chi connectivity index (χ0v) is 21.5. The molecule has 176 valence electrons. The minimum Gasteiger partial charge on any atom is -0.497 e. The number of halogens is 2. The predicted molar refractivity (Wildman–Crippen MR) is 135 cm³/mol. The van der Waals surface area contributed by atoms with E-state index in [2.05, 4.69) is 9.62 Å². The third-order valence-corrected chi connectivity index (χ3v) is 9.00. The van der Waals surface area contributed by atoms with Crippen LogP contribution in [-0.4, -0.2) is 46.7 Å². The summed E-state index contributed by atoms with van der Waals surface area (Å²) in [5.41, 5.74) is 2.81. The minimum absolute atomic E-state index is 0.0192. The number of nitrogens with zero attached hydrogens (tertiary/aromatic N) is 1. The number of sulfonamides is 1. The fraction of sp³-hybridized carbons (Fsp3) is 0.304. The van der Waals surface area contributed by atoms with E-state index >= 15 is 0 Å². The van der Waals surface area contributed by atoms with Gasteiger partial charge in [0.05, 0.1) is 17.8 Å². The first kappa shape index (κ1) is 24.2. The van der Waals surface area contributed by atoms with Gasteiger partial charge in [0.25, 0.3) is 10.0 Å². The number of ether oxygens (including phenoxy) is 2. The highest BCUT2D eigenvalue weighted by atomic mass is 35.5. The van der Waals surface area contributed by atoms with Crippen LogP contribution in [0.25, 0.3) is 11.1 Å². The molecule has 2 aromatic carbocycles. The number of nitrogens with one attached hydrogen (secondary N) is 1. The number of rotatable bonds is 7. The number of hydrogen-bond acceptors (Lipinski definition) is 6. The number of methoxy groups -OCH3 is 1. The molecule has 0 saturated carbocycles. The van der Waals surface area contributed by atoms with Gasteiger partial charge in [0, 0.05) is 24.7 Å². The molecule has 1 saturated heterocycles. The lowest BCUT2D eigenvalue weighted by Gasteiger charge is -2.16. The Morgan fingerprint density at radius 3 is 2.58 bits per heavy atom. The fourth-order valence-corrected chi connectivity index (χ4v) is 6.72. The monoisotopic (exact) mass is 526 g/mol. The maximum absolute atomic E-state index is 13.1. The van der Waals surface area contributed by atoms with E-state index < -0.39 is 10.0 Å². The maximum atomic E-state index is 13.1. The number of thiophene rings is 1. The number of likely N-dealkylation sites (tertiary alicyclic amines) is 1. The number of aryl methyl sites for hydroxylation is 1. The highest BCUT2D eigenvalue weighted by Crippen LogP contribution is 2.40.